The Labute approximate surface area is 122 Å². The van der Waals surface area contributed by atoms with E-state index in [1.807, 2.05) is 12.1 Å². The predicted molar refractivity (Wildman–Crippen MR) is 88.4 cm³/mol. The molecule has 0 spiro atoms. The van der Waals surface area contributed by atoms with Crippen molar-refractivity contribution in [3.05, 3.63) is 58.1 Å². The third-order valence-electron chi connectivity index (χ3n) is 4.01. The van der Waals surface area contributed by atoms with Gasteiger partial charge >= 0.3 is 0 Å². The van der Waals surface area contributed by atoms with Gasteiger partial charge in [-0.25, -0.2) is 0 Å². The lowest BCUT2D eigenvalue weighted by atomic mass is 10.00. The number of benzene rings is 2. The average molecular weight is 268 g/mol. The molecule has 0 saturated carbocycles. The number of nitrogens with zero attached hydrogens (tertiary/aromatic N) is 1. The van der Waals surface area contributed by atoms with E-state index in [9.17, 15) is 0 Å². The van der Waals surface area contributed by atoms with Crippen molar-refractivity contribution >= 4 is 11.4 Å². The highest BCUT2D eigenvalue weighted by Crippen LogP contribution is 2.28. The van der Waals surface area contributed by atoms with Crippen LogP contribution in [0.5, 0.6) is 0 Å². The van der Waals surface area contributed by atoms with E-state index in [4.69, 9.17) is 5.73 Å². The number of rotatable bonds is 3. The van der Waals surface area contributed by atoms with E-state index in [-0.39, 0.29) is 0 Å². The molecule has 0 fully saturated rings. The van der Waals surface area contributed by atoms with Crippen molar-refractivity contribution in [3.63, 3.8) is 0 Å². The first-order valence-electron chi connectivity index (χ1n) is 7.03. The van der Waals surface area contributed by atoms with E-state index in [1.165, 1.54) is 27.8 Å². The first kappa shape index (κ1) is 14.4. The van der Waals surface area contributed by atoms with Crippen molar-refractivity contribution in [2.24, 2.45) is 0 Å². The largest absolute Gasteiger partial charge is 0.397 e. The average Bonchev–Trinajstić information content (AvgIpc) is 2.35. The van der Waals surface area contributed by atoms with Gasteiger partial charge in [-0.3, -0.25) is 0 Å². The van der Waals surface area contributed by atoms with Gasteiger partial charge in [0.05, 0.1) is 11.4 Å². The third kappa shape index (κ3) is 2.79. The predicted octanol–water partition coefficient (Wildman–Crippen LogP) is 4.14. The minimum atomic E-state index is 0.842. The lowest BCUT2D eigenvalue weighted by Crippen LogP contribution is -2.19. The molecule has 0 heterocycles. The Morgan fingerprint density at radius 3 is 2.20 bits per heavy atom. The Morgan fingerprint density at radius 2 is 1.55 bits per heavy atom. The number of para-hydroxylation sites is 1. The third-order valence-corrected chi connectivity index (χ3v) is 4.01. The Bertz CT molecular complexity index is 609. The molecule has 0 atom stereocenters. The molecule has 0 aliphatic carbocycles. The number of aryl methyl sites for hydroxylation is 4. The van der Waals surface area contributed by atoms with Crippen molar-refractivity contribution < 1.29 is 0 Å². The van der Waals surface area contributed by atoms with Gasteiger partial charge in [0.25, 0.3) is 0 Å². The zero-order chi connectivity index (χ0) is 14.9. The first-order chi connectivity index (χ1) is 9.40. The quantitative estimate of drug-likeness (QED) is 0.848. The molecule has 2 nitrogen and oxygen atoms in total. The van der Waals surface area contributed by atoms with Gasteiger partial charge in [-0.1, -0.05) is 24.3 Å². The highest BCUT2D eigenvalue weighted by atomic mass is 15.1. The molecule has 2 N–H and O–H groups in total. The lowest BCUT2D eigenvalue weighted by Gasteiger charge is -2.24. The highest BCUT2D eigenvalue weighted by molar-refractivity contribution is 5.71. The van der Waals surface area contributed by atoms with E-state index in [0.717, 1.165) is 17.9 Å². The van der Waals surface area contributed by atoms with Gasteiger partial charge in [-0.15, -0.1) is 0 Å². The Morgan fingerprint density at radius 1 is 0.900 bits per heavy atom. The monoisotopic (exact) mass is 268 g/mol. The Kier molecular flexibility index (Phi) is 4.03. The summed E-state index contributed by atoms with van der Waals surface area (Å²) in [5.41, 5.74) is 14.7. The SMILES string of the molecule is Cc1cc(C)c(CN(C)c2c(C)cccc2N)cc1C. The molecule has 0 aromatic heterocycles. The topological polar surface area (TPSA) is 29.3 Å². The maximum Gasteiger partial charge on any atom is 0.0630 e. The number of nitrogen functional groups attached to an aromatic ring is 1. The first-order valence-corrected chi connectivity index (χ1v) is 7.03. The summed E-state index contributed by atoms with van der Waals surface area (Å²) in [7, 11) is 2.10. The minimum Gasteiger partial charge on any atom is -0.397 e. The van der Waals surface area contributed by atoms with E-state index in [1.54, 1.807) is 0 Å². The van der Waals surface area contributed by atoms with Gasteiger partial charge in [0.1, 0.15) is 0 Å². The summed E-state index contributed by atoms with van der Waals surface area (Å²) in [6.07, 6.45) is 0. The fourth-order valence-electron chi connectivity index (χ4n) is 2.73. The van der Waals surface area contributed by atoms with Crippen LogP contribution in [0.2, 0.25) is 0 Å². The van der Waals surface area contributed by atoms with Crippen LogP contribution >= 0.6 is 0 Å². The minimum absolute atomic E-state index is 0.842. The summed E-state index contributed by atoms with van der Waals surface area (Å²) in [5, 5.41) is 0. The molecule has 2 rings (SSSR count). The lowest BCUT2D eigenvalue weighted by molar-refractivity contribution is 0.907. The van der Waals surface area contributed by atoms with Crippen molar-refractivity contribution in [2.45, 2.75) is 34.2 Å². The van der Waals surface area contributed by atoms with E-state index in [0.29, 0.717) is 0 Å². The van der Waals surface area contributed by atoms with Crippen LogP contribution in [0.1, 0.15) is 27.8 Å². The highest BCUT2D eigenvalue weighted by Gasteiger charge is 2.11. The molecule has 0 unspecified atom stereocenters. The van der Waals surface area contributed by atoms with Crippen LogP contribution in [0.25, 0.3) is 0 Å². The van der Waals surface area contributed by atoms with Crippen LogP contribution in [0.15, 0.2) is 30.3 Å². The van der Waals surface area contributed by atoms with E-state index in [2.05, 4.69) is 57.8 Å². The molecule has 0 bridgehead atoms. The molecular formula is C18H24N2. The normalized spacial score (nSPS) is 10.7. The van der Waals surface area contributed by atoms with Gasteiger partial charge in [-0.05, 0) is 61.6 Å². The van der Waals surface area contributed by atoms with Crippen LogP contribution in [-0.4, -0.2) is 7.05 Å². The molecule has 0 aliphatic rings. The van der Waals surface area contributed by atoms with E-state index >= 15 is 0 Å². The van der Waals surface area contributed by atoms with Crippen molar-refractivity contribution in [1.82, 2.24) is 0 Å². The molecule has 2 heteroatoms. The summed E-state index contributed by atoms with van der Waals surface area (Å²) >= 11 is 0. The van der Waals surface area contributed by atoms with Crippen LogP contribution in [-0.2, 0) is 6.54 Å². The number of nitrogens with two attached hydrogens (primary N) is 1. The standard InChI is InChI=1S/C18H24N2/c1-12-7-6-8-17(19)18(12)20(5)11-16-10-14(3)13(2)9-15(16)4/h6-10H,11,19H2,1-5H3. The van der Waals surface area contributed by atoms with Crippen molar-refractivity contribution in [2.75, 3.05) is 17.7 Å². The van der Waals surface area contributed by atoms with Crippen LogP contribution in [0.3, 0.4) is 0 Å². The molecule has 0 amide bonds. The second kappa shape index (κ2) is 5.58. The number of hydrogen-bond acceptors (Lipinski definition) is 2. The Hall–Kier alpha value is -1.96. The van der Waals surface area contributed by atoms with Gasteiger partial charge < -0.3 is 10.6 Å². The molecule has 0 radical (unpaired) electrons. The van der Waals surface area contributed by atoms with Gasteiger partial charge in [0.15, 0.2) is 0 Å². The molecule has 20 heavy (non-hydrogen) atoms. The van der Waals surface area contributed by atoms with Crippen molar-refractivity contribution in [3.8, 4) is 0 Å². The second-order valence-electron chi connectivity index (χ2n) is 5.73. The van der Waals surface area contributed by atoms with Crippen molar-refractivity contribution in [1.29, 1.82) is 0 Å². The molecule has 0 aliphatic heterocycles. The fraction of sp³-hybridized carbons (Fsp3) is 0.333. The summed E-state index contributed by atoms with van der Waals surface area (Å²) in [5.74, 6) is 0. The van der Waals surface area contributed by atoms with Crippen LogP contribution in [0.4, 0.5) is 11.4 Å². The number of anilines is 2. The van der Waals surface area contributed by atoms with Gasteiger partial charge in [0.2, 0.25) is 0 Å². The van der Waals surface area contributed by atoms with Gasteiger partial charge in [-0.2, -0.15) is 0 Å². The summed E-state index contributed by atoms with van der Waals surface area (Å²) < 4.78 is 0. The summed E-state index contributed by atoms with van der Waals surface area (Å²) in [4.78, 5) is 2.24. The van der Waals surface area contributed by atoms with Gasteiger partial charge in [0, 0.05) is 13.6 Å². The summed E-state index contributed by atoms with van der Waals surface area (Å²) in [6.45, 7) is 9.49. The zero-order valence-corrected chi connectivity index (χ0v) is 13.1. The molecule has 106 valence electrons. The van der Waals surface area contributed by atoms with Crippen LogP contribution < -0.4 is 10.6 Å². The number of hydrogen-bond donors (Lipinski definition) is 1. The maximum absolute atomic E-state index is 6.13. The van der Waals surface area contributed by atoms with E-state index < -0.39 is 0 Å². The smallest absolute Gasteiger partial charge is 0.0630 e. The second-order valence-corrected chi connectivity index (χ2v) is 5.73. The Balaban J connectivity index is 2.33. The summed E-state index contributed by atoms with van der Waals surface area (Å²) in [6, 6.07) is 10.6. The molecule has 2 aromatic rings. The fourth-order valence-corrected chi connectivity index (χ4v) is 2.73. The molecule has 2 aromatic carbocycles. The molecular weight excluding hydrogens is 244 g/mol. The zero-order valence-electron chi connectivity index (χ0n) is 13.1. The molecule has 0 saturated heterocycles. The van der Waals surface area contributed by atoms with Crippen LogP contribution in [0, 0.1) is 27.7 Å². The maximum atomic E-state index is 6.13.